The SMILES string of the molecule is O=C(c1ccccn1)N1CCC(CCc2noc(C3CC3)n2)C1. The van der Waals surface area contributed by atoms with Crippen molar-refractivity contribution >= 4 is 5.91 Å². The molecule has 1 aliphatic carbocycles. The molecule has 0 spiro atoms. The first kappa shape index (κ1) is 14.4. The molecule has 120 valence electrons. The predicted molar refractivity (Wildman–Crippen MR) is 82.8 cm³/mol. The van der Waals surface area contributed by atoms with Crippen LogP contribution in [-0.2, 0) is 6.42 Å². The Morgan fingerprint density at radius 2 is 2.22 bits per heavy atom. The van der Waals surface area contributed by atoms with Crippen molar-refractivity contribution < 1.29 is 9.32 Å². The molecule has 1 atom stereocenters. The molecule has 23 heavy (non-hydrogen) atoms. The van der Waals surface area contributed by atoms with Crippen molar-refractivity contribution in [1.82, 2.24) is 20.0 Å². The van der Waals surface area contributed by atoms with Crippen LogP contribution in [0.4, 0.5) is 0 Å². The molecular formula is C17H20N4O2. The van der Waals surface area contributed by atoms with Gasteiger partial charge in [-0.25, -0.2) is 0 Å². The lowest BCUT2D eigenvalue weighted by atomic mass is 10.0. The molecule has 0 radical (unpaired) electrons. The highest BCUT2D eigenvalue weighted by Crippen LogP contribution is 2.38. The number of hydrogen-bond donors (Lipinski definition) is 0. The van der Waals surface area contributed by atoms with E-state index in [1.807, 2.05) is 17.0 Å². The van der Waals surface area contributed by atoms with Gasteiger partial charge in [0, 0.05) is 31.6 Å². The van der Waals surface area contributed by atoms with Gasteiger partial charge in [0.2, 0.25) is 5.89 Å². The Bertz CT molecular complexity index is 681. The van der Waals surface area contributed by atoms with Gasteiger partial charge < -0.3 is 9.42 Å². The predicted octanol–water partition coefficient (Wildman–Crippen LogP) is 2.44. The third kappa shape index (κ3) is 3.25. The van der Waals surface area contributed by atoms with E-state index in [0.29, 0.717) is 17.5 Å². The fraction of sp³-hybridized carbons (Fsp3) is 0.529. The quantitative estimate of drug-likeness (QED) is 0.848. The molecule has 3 heterocycles. The van der Waals surface area contributed by atoms with Crippen molar-refractivity contribution in [3.05, 3.63) is 41.8 Å². The first-order chi connectivity index (χ1) is 11.3. The maximum atomic E-state index is 12.4. The van der Waals surface area contributed by atoms with Gasteiger partial charge in [0.15, 0.2) is 5.82 Å². The minimum atomic E-state index is 0.0312. The van der Waals surface area contributed by atoms with Gasteiger partial charge in [-0.15, -0.1) is 0 Å². The fourth-order valence-corrected chi connectivity index (χ4v) is 3.10. The Morgan fingerprint density at radius 1 is 1.30 bits per heavy atom. The zero-order valence-electron chi connectivity index (χ0n) is 13.0. The highest BCUT2D eigenvalue weighted by Gasteiger charge is 2.30. The molecule has 1 amide bonds. The van der Waals surface area contributed by atoms with Crippen LogP contribution < -0.4 is 0 Å². The summed E-state index contributed by atoms with van der Waals surface area (Å²) in [5.74, 6) is 2.66. The monoisotopic (exact) mass is 312 g/mol. The highest BCUT2D eigenvalue weighted by molar-refractivity contribution is 5.92. The molecule has 6 nitrogen and oxygen atoms in total. The van der Waals surface area contributed by atoms with E-state index in [1.54, 1.807) is 12.3 Å². The molecule has 1 unspecified atom stereocenters. The van der Waals surface area contributed by atoms with Crippen LogP contribution in [0.5, 0.6) is 0 Å². The van der Waals surface area contributed by atoms with Crippen LogP contribution in [-0.4, -0.2) is 39.0 Å². The van der Waals surface area contributed by atoms with Gasteiger partial charge in [-0.3, -0.25) is 9.78 Å². The molecule has 1 aliphatic heterocycles. The molecule has 1 saturated heterocycles. The molecule has 4 rings (SSSR count). The number of carbonyl (C=O) groups excluding carboxylic acids is 1. The standard InChI is InChI=1S/C17H20N4O2/c22-17(14-3-1-2-9-18-14)21-10-8-12(11-21)4-7-15-19-16(23-20-15)13-5-6-13/h1-3,9,12-13H,4-8,10-11H2. The summed E-state index contributed by atoms with van der Waals surface area (Å²) in [5.41, 5.74) is 0.528. The van der Waals surface area contributed by atoms with E-state index in [2.05, 4.69) is 15.1 Å². The summed E-state index contributed by atoms with van der Waals surface area (Å²) in [5, 5.41) is 4.06. The number of aromatic nitrogens is 3. The minimum absolute atomic E-state index is 0.0312. The van der Waals surface area contributed by atoms with Crippen LogP contribution in [0.3, 0.4) is 0 Å². The molecule has 2 fully saturated rings. The summed E-state index contributed by atoms with van der Waals surface area (Å²) < 4.78 is 5.29. The van der Waals surface area contributed by atoms with Crippen molar-refractivity contribution in [1.29, 1.82) is 0 Å². The van der Waals surface area contributed by atoms with E-state index in [9.17, 15) is 4.79 Å². The number of aryl methyl sites for hydroxylation is 1. The molecule has 6 heteroatoms. The number of likely N-dealkylation sites (tertiary alicyclic amines) is 1. The normalized spacial score (nSPS) is 20.9. The Labute approximate surface area is 134 Å². The topological polar surface area (TPSA) is 72.1 Å². The zero-order chi connectivity index (χ0) is 15.6. The van der Waals surface area contributed by atoms with Crippen molar-refractivity contribution in [2.24, 2.45) is 5.92 Å². The number of carbonyl (C=O) groups is 1. The van der Waals surface area contributed by atoms with Gasteiger partial charge in [0.1, 0.15) is 5.69 Å². The van der Waals surface area contributed by atoms with Gasteiger partial charge >= 0.3 is 0 Å². The van der Waals surface area contributed by atoms with Crippen molar-refractivity contribution in [2.75, 3.05) is 13.1 Å². The van der Waals surface area contributed by atoms with Gasteiger partial charge in [-0.2, -0.15) is 4.98 Å². The molecule has 0 bridgehead atoms. The second-order valence-corrected chi connectivity index (χ2v) is 6.48. The molecule has 2 aliphatic rings. The Morgan fingerprint density at radius 3 is 3.00 bits per heavy atom. The summed E-state index contributed by atoms with van der Waals surface area (Å²) in [6, 6.07) is 5.44. The first-order valence-corrected chi connectivity index (χ1v) is 8.32. The molecule has 2 aromatic rings. The number of pyridine rings is 1. The van der Waals surface area contributed by atoms with Gasteiger partial charge in [0.05, 0.1) is 0 Å². The fourth-order valence-electron chi connectivity index (χ4n) is 3.10. The summed E-state index contributed by atoms with van der Waals surface area (Å²) >= 11 is 0. The van der Waals surface area contributed by atoms with Gasteiger partial charge in [0.25, 0.3) is 5.91 Å². The van der Waals surface area contributed by atoms with Gasteiger partial charge in [-0.1, -0.05) is 11.2 Å². The van der Waals surface area contributed by atoms with Crippen molar-refractivity contribution in [2.45, 2.75) is 38.0 Å². The number of nitrogens with zero attached hydrogens (tertiary/aromatic N) is 4. The Hall–Kier alpha value is -2.24. The maximum Gasteiger partial charge on any atom is 0.272 e. The molecule has 1 saturated carbocycles. The lowest BCUT2D eigenvalue weighted by Crippen LogP contribution is -2.29. The average molecular weight is 312 g/mol. The highest BCUT2D eigenvalue weighted by atomic mass is 16.5. The van der Waals surface area contributed by atoms with Crippen molar-refractivity contribution in [3.8, 4) is 0 Å². The maximum absolute atomic E-state index is 12.4. The van der Waals surface area contributed by atoms with Gasteiger partial charge in [-0.05, 0) is 43.7 Å². The van der Waals surface area contributed by atoms with Crippen LogP contribution in [0.1, 0.15) is 53.8 Å². The summed E-state index contributed by atoms with van der Waals surface area (Å²) in [6.45, 7) is 1.60. The van der Waals surface area contributed by atoms with E-state index in [1.165, 1.54) is 12.8 Å². The Balaban J connectivity index is 1.29. The number of amides is 1. The largest absolute Gasteiger partial charge is 0.339 e. The average Bonchev–Trinajstić information content (AvgIpc) is 3.15. The third-order valence-electron chi connectivity index (χ3n) is 4.64. The van der Waals surface area contributed by atoms with E-state index in [-0.39, 0.29) is 5.91 Å². The summed E-state index contributed by atoms with van der Waals surface area (Å²) in [6.07, 6.45) is 6.87. The van der Waals surface area contributed by atoms with E-state index >= 15 is 0 Å². The van der Waals surface area contributed by atoms with Crippen LogP contribution in [0.25, 0.3) is 0 Å². The Kier molecular flexibility index (Phi) is 3.81. The molecule has 2 aromatic heterocycles. The van der Waals surface area contributed by atoms with Crippen LogP contribution in [0, 0.1) is 5.92 Å². The minimum Gasteiger partial charge on any atom is -0.339 e. The summed E-state index contributed by atoms with van der Waals surface area (Å²) in [4.78, 5) is 22.9. The molecule has 0 N–H and O–H groups in total. The van der Waals surface area contributed by atoms with Crippen LogP contribution >= 0.6 is 0 Å². The van der Waals surface area contributed by atoms with E-state index in [0.717, 1.165) is 44.1 Å². The van der Waals surface area contributed by atoms with E-state index < -0.39 is 0 Å². The molecular weight excluding hydrogens is 292 g/mol. The van der Waals surface area contributed by atoms with Crippen LogP contribution in [0.2, 0.25) is 0 Å². The lowest BCUT2D eigenvalue weighted by molar-refractivity contribution is 0.0781. The molecule has 0 aromatic carbocycles. The second kappa shape index (κ2) is 6.10. The third-order valence-corrected chi connectivity index (χ3v) is 4.64. The smallest absolute Gasteiger partial charge is 0.272 e. The van der Waals surface area contributed by atoms with Crippen LogP contribution in [0.15, 0.2) is 28.9 Å². The van der Waals surface area contributed by atoms with Crippen molar-refractivity contribution in [3.63, 3.8) is 0 Å². The van der Waals surface area contributed by atoms with E-state index in [4.69, 9.17) is 4.52 Å². The lowest BCUT2D eigenvalue weighted by Gasteiger charge is -2.15. The second-order valence-electron chi connectivity index (χ2n) is 6.48. The zero-order valence-corrected chi connectivity index (χ0v) is 13.0. The summed E-state index contributed by atoms with van der Waals surface area (Å²) in [7, 11) is 0. The number of hydrogen-bond acceptors (Lipinski definition) is 5. The number of rotatable bonds is 5. The first-order valence-electron chi connectivity index (χ1n) is 8.32.